The Bertz CT molecular complexity index is 928. The first kappa shape index (κ1) is 21.9. The van der Waals surface area contributed by atoms with E-state index in [1.807, 2.05) is 23.9 Å². The highest BCUT2D eigenvalue weighted by molar-refractivity contribution is 7.99. The van der Waals surface area contributed by atoms with Gasteiger partial charge in [0.25, 0.3) is 5.91 Å². The van der Waals surface area contributed by atoms with Crippen molar-refractivity contribution >= 4 is 17.7 Å². The van der Waals surface area contributed by atoms with Crippen LogP contribution in [0.4, 0.5) is 0 Å². The van der Waals surface area contributed by atoms with Crippen LogP contribution in [0.15, 0.2) is 48.5 Å². The Morgan fingerprint density at radius 1 is 0.935 bits per heavy atom. The van der Waals surface area contributed by atoms with E-state index in [0.29, 0.717) is 6.54 Å². The van der Waals surface area contributed by atoms with Gasteiger partial charge in [-0.25, -0.2) is 5.48 Å². The van der Waals surface area contributed by atoms with Gasteiger partial charge in [0.05, 0.1) is 6.04 Å². The first-order valence-corrected chi connectivity index (χ1v) is 12.0. The summed E-state index contributed by atoms with van der Waals surface area (Å²) in [4.78, 5) is 16.4. The van der Waals surface area contributed by atoms with E-state index in [-0.39, 0.29) is 11.9 Å². The number of carbonyl (C=O) groups is 1. The number of benzene rings is 2. The van der Waals surface area contributed by atoms with Crippen molar-refractivity contribution in [1.29, 1.82) is 0 Å². The molecule has 4 rings (SSSR count). The third kappa shape index (κ3) is 6.11. The normalized spacial score (nSPS) is 19.6. The molecule has 1 atom stereocenters. The third-order valence-electron chi connectivity index (χ3n) is 5.93. The standard InChI is InChI=1S/C25H29N3O2S/c29-25(26-30)24-2-1-13-28(24)19-23-11-7-21(8-12-23)4-3-20-5-9-22(10-6-20)18-27-14-16-31-17-15-27/h5-12,24,30H,1-2,13-19H2,(H,26,29)/t24-/m0/s1. The molecule has 2 saturated heterocycles. The molecule has 2 aromatic carbocycles. The Hall–Kier alpha value is -2.30. The summed E-state index contributed by atoms with van der Waals surface area (Å²) in [5.41, 5.74) is 6.27. The lowest BCUT2D eigenvalue weighted by Crippen LogP contribution is -2.41. The van der Waals surface area contributed by atoms with Gasteiger partial charge in [0.1, 0.15) is 0 Å². The second-order valence-corrected chi connectivity index (χ2v) is 9.36. The Kier molecular flexibility index (Phi) is 7.66. The van der Waals surface area contributed by atoms with Crippen LogP contribution >= 0.6 is 11.8 Å². The van der Waals surface area contributed by atoms with Gasteiger partial charge in [0.2, 0.25) is 0 Å². The summed E-state index contributed by atoms with van der Waals surface area (Å²) in [5, 5.41) is 8.91. The van der Waals surface area contributed by atoms with E-state index in [1.165, 1.54) is 30.2 Å². The molecule has 0 saturated carbocycles. The van der Waals surface area contributed by atoms with Crippen LogP contribution < -0.4 is 5.48 Å². The molecule has 0 aromatic heterocycles. The smallest absolute Gasteiger partial charge is 0.260 e. The number of rotatable bonds is 5. The van der Waals surface area contributed by atoms with E-state index < -0.39 is 0 Å². The first-order valence-electron chi connectivity index (χ1n) is 10.9. The van der Waals surface area contributed by atoms with Crippen molar-refractivity contribution in [3.8, 4) is 11.8 Å². The predicted octanol–water partition coefficient (Wildman–Crippen LogP) is 3.11. The molecule has 2 aliphatic heterocycles. The van der Waals surface area contributed by atoms with Crippen molar-refractivity contribution < 1.29 is 10.0 Å². The number of likely N-dealkylation sites (tertiary alicyclic amines) is 1. The second-order valence-electron chi connectivity index (χ2n) is 8.14. The SMILES string of the molecule is O=C(NO)[C@@H]1CCCN1Cc1ccc(C#Cc2ccc(CN3CCSCC3)cc2)cc1. The maximum atomic E-state index is 11.8. The van der Waals surface area contributed by atoms with Gasteiger partial charge in [-0.1, -0.05) is 36.1 Å². The summed E-state index contributed by atoms with van der Waals surface area (Å²) in [5.74, 6) is 8.65. The van der Waals surface area contributed by atoms with Crippen LogP contribution in [0.5, 0.6) is 0 Å². The van der Waals surface area contributed by atoms with E-state index >= 15 is 0 Å². The highest BCUT2D eigenvalue weighted by Gasteiger charge is 2.30. The van der Waals surface area contributed by atoms with E-state index in [2.05, 4.69) is 58.0 Å². The number of amides is 1. The van der Waals surface area contributed by atoms with Crippen molar-refractivity contribution in [3.05, 3.63) is 70.8 Å². The van der Waals surface area contributed by atoms with Gasteiger partial charge in [-0.2, -0.15) is 11.8 Å². The quantitative estimate of drug-likeness (QED) is 0.429. The van der Waals surface area contributed by atoms with Crippen LogP contribution in [0.1, 0.15) is 35.1 Å². The van der Waals surface area contributed by atoms with Crippen LogP contribution in [-0.4, -0.2) is 58.1 Å². The second kappa shape index (κ2) is 10.8. The Morgan fingerprint density at radius 3 is 2.10 bits per heavy atom. The number of nitrogens with zero attached hydrogens (tertiary/aromatic N) is 2. The summed E-state index contributed by atoms with van der Waals surface area (Å²) in [6, 6.07) is 16.5. The molecule has 2 fully saturated rings. The van der Waals surface area contributed by atoms with Gasteiger partial charge in [0.15, 0.2) is 0 Å². The van der Waals surface area contributed by atoms with Gasteiger partial charge in [-0.15, -0.1) is 0 Å². The number of thioether (sulfide) groups is 1. The molecule has 2 aliphatic rings. The lowest BCUT2D eigenvalue weighted by Gasteiger charge is -2.26. The highest BCUT2D eigenvalue weighted by Crippen LogP contribution is 2.20. The molecule has 0 aliphatic carbocycles. The summed E-state index contributed by atoms with van der Waals surface area (Å²) >= 11 is 2.04. The number of hydroxylamine groups is 1. The fraction of sp³-hybridized carbons (Fsp3) is 0.400. The highest BCUT2D eigenvalue weighted by atomic mass is 32.2. The zero-order chi connectivity index (χ0) is 21.5. The van der Waals surface area contributed by atoms with E-state index in [9.17, 15) is 4.79 Å². The van der Waals surface area contributed by atoms with Crippen molar-refractivity contribution in [1.82, 2.24) is 15.3 Å². The third-order valence-corrected chi connectivity index (χ3v) is 6.87. The Labute approximate surface area is 188 Å². The predicted molar refractivity (Wildman–Crippen MR) is 125 cm³/mol. The molecule has 2 N–H and O–H groups in total. The van der Waals surface area contributed by atoms with Crippen molar-refractivity contribution in [2.75, 3.05) is 31.1 Å². The van der Waals surface area contributed by atoms with Gasteiger partial charge >= 0.3 is 0 Å². The van der Waals surface area contributed by atoms with Crippen LogP contribution in [0.25, 0.3) is 0 Å². The molecule has 162 valence electrons. The zero-order valence-corrected chi connectivity index (χ0v) is 18.5. The van der Waals surface area contributed by atoms with Crippen molar-refractivity contribution in [2.45, 2.75) is 32.0 Å². The molecule has 5 nitrogen and oxygen atoms in total. The molecule has 6 heteroatoms. The van der Waals surface area contributed by atoms with E-state index in [1.54, 1.807) is 5.48 Å². The molecule has 31 heavy (non-hydrogen) atoms. The van der Waals surface area contributed by atoms with E-state index in [0.717, 1.165) is 42.6 Å². The average molecular weight is 436 g/mol. The summed E-state index contributed by atoms with van der Waals surface area (Å²) in [7, 11) is 0. The molecular weight excluding hydrogens is 406 g/mol. The molecule has 2 aromatic rings. The lowest BCUT2D eigenvalue weighted by molar-refractivity contribution is -0.134. The first-order chi connectivity index (χ1) is 15.2. The Morgan fingerprint density at radius 2 is 1.52 bits per heavy atom. The van der Waals surface area contributed by atoms with Crippen molar-refractivity contribution in [3.63, 3.8) is 0 Å². The summed E-state index contributed by atoms with van der Waals surface area (Å²) < 4.78 is 0. The largest absolute Gasteiger partial charge is 0.297 e. The Balaban J connectivity index is 1.32. The lowest BCUT2D eigenvalue weighted by atomic mass is 10.1. The van der Waals surface area contributed by atoms with Gasteiger partial charge < -0.3 is 0 Å². The number of carbonyl (C=O) groups excluding carboxylic acids is 1. The minimum Gasteiger partial charge on any atom is -0.297 e. The fourth-order valence-electron chi connectivity index (χ4n) is 4.17. The minimum atomic E-state index is -0.319. The number of hydrogen-bond donors (Lipinski definition) is 2. The molecule has 1 amide bonds. The van der Waals surface area contributed by atoms with Gasteiger partial charge in [-0.3, -0.25) is 19.8 Å². The molecule has 0 radical (unpaired) electrons. The van der Waals surface area contributed by atoms with Crippen LogP contribution in [0.3, 0.4) is 0 Å². The minimum absolute atomic E-state index is 0.249. The monoisotopic (exact) mass is 435 g/mol. The molecule has 0 unspecified atom stereocenters. The van der Waals surface area contributed by atoms with Crippen LogP contribution in [0.2, 0.25) is 0 Å². The van der Waals surface area contributed by atoms with Crippen LogP contribution in [0, 0.1) is 11.8 Å². The molecule has 2 heterocycles. The van der Waals surface area contributed by atoms with E-state index in [4.69, 9.17) is 5.21 Å². The average Bonchev–Trinajstić information content (AvgIpc) is 3.28. The maximum Gasteiger partial charge on any atom is 0.260 e. The van der Waals surface area contributed by atoms with Crippen molar-refractivity contribution in [2.24, 2.45) is 0 Å². The number of hydrogen-bond acceptors (Lipinski definition) is 5. The fourth-order valence-corrected chi connectivity index (χ4v) is 5.15. The molecule has 0 bridgehead atoms. The number of nitrogens with one attached hydrogen (secondary N) is 1. The molecular formula is C25H29N3O2S. The maximum absolute atomic E-state index is 11.8. The molecule has 0 spiro atoms. The van der Waals surface area contributed by atoms with Gasteiger partial charge in [0, 0.05) is 48.8 Å². The van der Waals surface area contributed by atoms with Crippen LogP contribution in [-0.2, 0) is 17.9 Å². The zero-order valence-electron chi connectivity index (χ0n) is 17.7. The summed E-state index contributed by atoms with van der Waals surface area (Å²) in [6.45, 7) is 4.94. The van der Waals surface area contributed by atoms with Gasteiger partial charge in [-0.05, 0) is 54.8 Å². The topological polar surface area (TPSA) is 55.8 Å². The summed E-state index contributed by atoms with van der Waals surface area (Å²) in [6.07, 6.45) is 1.75.